The van der Waals surface area contributed by atoms with Crippen LogP contribution in [0.2, 0.25) is 0 Å². The standard InChI is InChI=1S/C17H18O4/c1-19-15-9-5-7-12(17(15)20-2)16-10-13(18)11-6-3-4-8-14(11)21-16/h3-9,13,16,18H,10H2,1-2H3. The van der Waals surface area contributed by atoms with E-state index >= 15 is 0 Å². The van der Waals surface area contributed by atoms with Crippen molar-refractivity contribution in [2.24, 2.45) is 0 Å². The van der Waals surface area contributed by atoms with Crippen LogP contribution in [0.5, 0.6) is 17.2 Å². The van der Waals surface area contributed by atoms with Crippen molar-refractivity contribution in [3.63, 3.8) is 0 Å². The Hall–Kier alpha value is -2.20. The SMILES string of the molecule is COc1cccc(C2CC(O)c3ccccc3O2)c1OC. The largest absolute Gasteiger partial charge is 0.493 e. The predicted molar refractivity (Wildman–Crippen MR) is 78.9 cm³/mol. The fraction of sp³-hybridized carbons (Fsp3) is 0.294. The van der Waals surface area contributed by atoms with E-state index in [0.717, 1.165) is 11.1 Å². The zero-order chi connectivity index (χ0) is 14.8. The summed E-state index contributed by atoms with van der Waals surface area (Å²) in [6, 6.07) is 13.2. The second-order valence-corrected chi connectivity index (χ2v) is 4.98. The van der Waals surface area contributed by atoms with Crippen LogP contribution in [-0.2, 0) is 0 Å². The highest BCUT2D eigenvalue weighted by molar-refractivity contribution is 5.49. The summed E-state index contributed by atoms with van der Waals surface area (Å²) in [4.78, 5) is 0. The number of rotatable bonds is 3. The average molecular weight is 286 g/mol. The lowest BCUT2D eigenvalue weighted by atomic mass is 9.94. The minimum atomic E-state index is -0.546. The van der Waals surface area contributed by atoms with Crippen molar-refractivity contribution in [3.05, 3.63) is 53.6 Å². The fourth-order valence-electron chi connectivity index (χ4n) is 2.75. The fourth-order valence-corrected chi connectivity index (χ4v) is 2.75. The molecule has 0 saturated heterocycles. The average Bonchev–Trinajstić information content (AvgIpc) is 2.54. The van der Waals surface area contributed by atoms with Gasteiger partial charge in [0.05, 0.1) is 20.3 Å². The van der Waals surface area contributed by atoms with Crippen LogP contribution in [0.25, 0.3) is 0 Å². The number of ether oxygens (including phenoxy) is 3. The summed E-state index contributed by atoms with van der Waals surface area (Å²) < 4.78 is 16.8. The highest BCUT2D eigenvalue weighted by Gasteiger charge is 2.30. The zero-order valence-electron chi connectivity index (χ0n) is 12.1. The summed E-state index contributed by atoms with van der Waals surface area (Å²) in [5.41, 5.74) is 1.71. The van der Waals surface area contributed by atoms with Crippen LogP contribution in [0.1, 0.15) is 29.8 Å². The van der Waals surface area contributed by atoms with Crippen molar-refractivity contribution in [2.45, 2.75) is 18.6 Å². The first-order chi connectivity index (χ1) is 10.2. The second kappa shape index (κ2) is 5.66. The van der Waals surface area contributed by atoms with Crippen LogP contribution in [-0.4, -0.2) is 19.3 Å². The first-order valence-corrected chi connectivity index (χ1v) is 6.89. The van der Waals surface area contributed by atoms with E-state index in [4.69, 9.17) is 14.2 Å². The number of para-hydroxylation sites is 2. The van der Waals surface area contributed by atoms with Crippen molar-refractivity contribution in [1.29, 1.82) is 0 Å². The summed E-state index contributed by atoms with van der Waals surface area (Å²) in [5, 5.41) is 10.3. The highest BCUT2D eigenvalue weighted by atomic mass is 16.5. The van der Waals surface area contributed by atoms with Gasteiger partial charge in [-0.05, 0) is 12.1 Å². The van der Waals surface area contributed by atoms with Crippen molar-refractivity contribution >= 4 is 0 Å². The van der Waals surface area contributed by atoms with Crippen LogP contribution in [0.3, 0.4) is 0 Å². The van der Waals surface area contributed by atoms with Gasteiger partial charge in [0.15, 0.2) is 11.5 Å². The minimum absolute atomic E-state index is 0.264. The van der Waals surface area contributed by atoms with E-state index in [-0.39, 0.29) is 6.10 Å². The predicted octanol–water partition coefficient (Wildman–Crippen LogP) is 3.26. The third kappa shape index (κ3) is 2.43. The molecule has 0 fully saturated rings. The van der Waals surface area contributed by atoms with Crippen molar-refractivity contribution < 1.29 is 19.3 Å². The van der Waals surface area contributed by atoms with E-state index in [2.05, 4.69) is 0 Å². The van der Waals surface area contributed by atoms with Gasteiger partial charge in [-0.15, -0.1) is 0 Å². The molecule has 2 aromatic rings. The van der Waals surface area contributed by atoms with E-state index in [1.807, 2.05) is 42.5 Å². The number of fused-ring (bicyclic) bond motifs is 1. The maximum absolute atomic E-state index is 10.3. The molecule has 2 atom stereocenters. The van der Waals surface area contributed by atoms with E-state index in [9.17, 15) is 5.11 Å². The van der Waals surface area contributed by atoms with Crippen molar-refractivity contribution in [2.75, 3.05) is 14.2 Å². The summed E-state index contributed by atoms with van der Waals surface area (Å²) in [6.07, 6.45) is -0.323. The Labute approximate surface area is 123 Å². The van der Waals surface area contributed by atoms with Crippen LogP contribution >= 0.6 is 0 Å². The molecule has 2 aromatic carbocycles. The molecule has 0 aliphatic carbocycles. The van der Waals surface area contributed by atoms with Crippen molar-refractivity contribution in [3.8, 4) is 17.2 Å². The van der Waals surface area contributed by atoms with Crippen LogP contribution in [0, 0.1) is 0 Å². The van der Waals surface area contributed by atoms with Crippen LogP contribution < -0.4 is 14.2 Å². The van der Waals surface area contributed by atoms with Gasteiger partial charge in [-0.25, -0.2) is 0 Å². The monoisotopic (exact) mass is 286 g/mol. The summed E-state index contributed by atoms with van der Waals surface area (Å²) >= 11 is 0. The van der Waals surface area contributed by atoms with Gasteiger partial charge in [0.1, 0.15) is 11.9 Å². The minimum Gasteiger partial charge on any atom is -0.493 e. The van der Waals surface area contributed by atoms with Gasteiger partial charge in [-0.2, -0.15) is 0 Å². The lowest BCUT2D eigenvalue weighted by molar-refractivity contribution is 0.0643. The summed E-state index contributed by atoms with van der Waals surface area (Å²) in [5.74, 6) is 2.02. The quantitative estimate of drug-likeness (QED) is 0.941. The maximum atomic E-state index is 10.3. The van der Waals surface area contributed by atoms with Gasteiger partial charge < -0.3 is 19.3 Å². The molecule has 0 radical (unpaired) electrons. The molecule has 21 heavy (non-hydrogen) atoms. The number of aliphatic hydroxyl groups excluding tert-OH is 1. The molecule has 4 nitrogen and oxygen atoms in total. The molecule has 0 amide bonds. The highest BCUT2D eigenvalue weighted by Crippen LogP contribution is 2.44. The summed E-state index contributed by atoms with van der Waals surface area (Å²) in [7, 11) is 3.21. The van der Waals surface area contributed by atoms with Gasteiger partial charge in [0.25, 0.3) is 0 Å². The lowest BCUT2D eigenvalue weighted by Gasteiger charge is -2.30. The number of aliphatic hydroxyl groups is 1. The Bertz CT molecular complexity index is 638. The molecular weight excluding hydrogens is 268 g/mol. The molecule has 4 heteroatoms. The first-order valence-electron chi connectivity index (χ1n) is 6.89. The topological polar surface area (TPSA) is 47.9 Å². The zero-order valence-corrected chi connectivity index (χ0v) is 12.1. The molecule has 1 heterocycles. The van der Waals surface area contributed by atoms with E-state index in [1.54, 1.807) is 14.2 Å². The Morgan fingerprint density at radius 1 is 1.00 bits per heavy atom. The molecule has 0 spiro atoms. The van der Waals surface area contributed by atoms with E-state index in [1.165, 1.54) is 0 Å². The maximum Gasteiger partial charge on any atom is 0.167 e. The van der Waals surface area contributed by atoms with Crippen LogP contribution in [0.4, 0.5) is 0 Å². The molecule has 1 aliphatic heterocycles. The van der Waals surface area contributed by atoms with Gasteiger partial charge in [-0.3, -0.25) is 0 Å². The van der Waals surface area contributed by atoms with Gasteiger partial charge >= 0.3 is 0 Å². The van der Waals surface area contributed by atoms with Crippen molar-refractivity contribution in [1.82, 2.24) is 0 Å². The molecular formula is C17H18O4. The molecule has 110 valence electrons. The molecule has 2 unspecified atom stereocenters. The molecule has 0 bridgehead atoms. The third-order valence-corrected chi connectivity index (χ3v) is 3.76. The van der Waals surface area contributed by atoms with E-state index in [0.29, 0.717) is 23.7 Å². The third-order valence-electron chi connectivity index (χ3n) is 3.76. The number of methoxy groups -OCH3 is 2. The van der Waals surface area contributed by atoms with Gasteiger partial charge in [-0.1, -0.05) is 30.3 Å². The molecule has 0 aromatic heterocycles. The number of hydrogen-bond donors (Lipinski definition) is 1. The van der Waals surface area contributed by atoms with Crippen LogP contribution in [0.15, 0.2) is 42.5 Å². The molecule has 0 saturated carbocycles. The lowest BCUT2D eigenvalue weighted by Crippen LogP contribution is -2.19. The second-order valence-electron chi connectivity index (χ2n) is 4.98. The summed E-state index contributed by atoms with van der Waals surface area (Å²) in [6.45, 7) is 0. The Balaban J connectivity index is 2.00. The normalized spacial score (nSPS) is 20.3. The number of hydrogen-bond acceptors (Lipinski definition) is 4. The van der Waals surface area contributed by atoms with Gasteiger partial charge in [0, 0.05) is 17.5 Å². The Morgan fingerprint density at radius 2 is 1.76 bits per heavy atom. The smallest absolute Gasteiger partial charge is 0.167 e. The van der Waals surface area contributed by atoms with Gasteiger partial charge in [0.2, 0.25) is 0 Å². The Morgan fingerprint density at radius 3 is 2.52 bits per heavy atom. The first kappa shape index (κ1) is 13.8. The van der Waals surface area contributed by atoms with E-state index < -0.39 is 6.10 Å². The molecule has 1 N–H and O–H groups in total. The Kier molecular flexibility index (Phi) is 3.71. The molecule has 1 aliphatic rings. The number of benzene rings is 2. The molecule has 3 rings (SSSR count).